The SMILES string of the molecule is CC(C)n1c(SCC(=O)c2cc3ccccc3o2)nc2ccccc2c1=O. The van der Waals surface area contributed by atoms with Crippen molar-refractivity contribution in [1.29, 1.82) is 0 Å². The molecule has 6 heteroatoms. The zero-order valence-electron chi connectivity index (χ0n) is 15.0. The summed E-state index contributed by atoms with van der Waals surface area (Å²) in [5.74, 6) is 0.342. The number of carbonyl (C=O) groups is 1. The van der Waals surface area contributed by atoms with E-state index >= 15 is 0 Å². The number of nitrogens with zero attached hydrogens (tertiary/aromatic N) is 2. The van der Waals surface area contributed by atoms with Gasteiger partial charge in [0.15, 0.2) is 10.9 Å². The first kappa shape index (κ1) is 17.5. The highest BCUT2D eigenvalue weighted by molar-refractivity contribution is 7.99. The molecule has 0 aliphatic rings. The molecule has 2 aromatic carbocycles. The number of carbonyl (C=O) groups excluding carboxylic acids is 1. The molecule has 0 amide bonds. The van der Waals surface area contributed by atoms with Crippen LogP contribution < -0.4 is 5.56 Å². The molecule has 0 aliphatic heterocycles. The van der Waals surface area contributed by atoms with Crippen LogP contribution in [0.1, 0.15) is 30.4 Å². The number of para-hydroxylation sites is 2. The summed E-state index contributed by atoms with van der Waals surface area (Å²) >= 11 is 1.26. The van der Waals surface area contributed by atoms with Gasteiger partial charge in [0.05, 0.1) is 16.7 Å². The Bertz CT molecular complexity index is 1170. The standard InChI is InChI=1S/C21H18N2O3S/c1-13(2)23-20(25)15-8-4-5-9-16(15)22-21(23)27-12-17(24)19-11-14-7-3-6-10-18(14)26-19/h3-11,13H,12H2,1-2H3. The second-order valence-corrected chi connectivity index (χ2v) is 7.48. The van der Waals surface area contributed by atoms with E-state index in [-0.39, 0.29) is 23.1 Å². The summed E-state index contributed by atoms with van der Waals surface area (Å²) in [7, 11) is 0. The number of ketones is 1. The molecule has 0 fully saturated rings. The van der Waals surface area contributed by atoms with Crippen molar-refractivity contribution in [3.05, 3.63) is 70.7 Å². The molecule has 0 atom stereocenters. The predicted molar refractivity (Wildman–Crippen MR) is 108 cm³/mol. The lowest BCUT2D eigenvalue weighted by Gasteiger charge is -2.15. The lowest BCUT2D eigenvalue weighted by atomic mass is 10.2. The highest BCUT2D eigenvalue weighted by atomic mass is 32.2. The minimum absolute atomic E-state index is 0.0570. The van der Waals surface area contributed by atoms with Crippen molar-refractivity contribution in [2.24, 2.45) is 0 Å². The van der Waals surface area contributed by atoms with E-state index in [2.05, 4.69) is 4.98 Å². The minimum atomic E-state index is -0.131. The molecular formula is C21H18N2O3S. The van der Waals surface area contributed by atoms with Crippen molar-refractivity contribution in [3.63, 3.8) is 0 Å². The van der Waals surface area contributed by atoms with E-state index in [0.29, 0.717) is 27.4 Å². The summed E-state index contributed by atoms with van der Waals surface area (Å²) in [6.45, 7) is 3.87. The Morgan fingerprint density at radius 1 is 1.15 bits per heavy atom. The summed E-state index contributed by atoms with van der Waals surface area (Å²) in [4.78, 5) is 30.0. The quantitative estimate of drug-likeness (QED) is 0.286. The van der Waals surface area contributed by atoms with Gasteiger partial charge in [0, 0.05) is 11.4 Å². The van der Waals surface area contributed by atoms with Crippen LogP contribution >= 0.6 is 11.8 Å². The van der Waals surface area contributed by atoms with Gasteiger partial charge >= 0.3 is 0 Å². The van der Waals surface area contributed by atoms with Crippen LogP contribution in [0.2, 0.25) is 0 Å². The molecule has 0 saturated heterocycles. The van der Waals surface area contributed by atoms with Gasteiger partial charge in [0.1, 0.15) is 5.58 Å². The molecule has 5 nitrogen and oxygen atoms in total. The molecule has 27 heavy (non-hydrogen) atoms. The summed E-state index contributed by atoms with van der Waals surface area (Å²) in [6.07, 6.45) is 0. The summed E-state index contributed by atoms with van der Waals surface area (Å²) in [5.41, 5.74) is 1.24. The smallest absolute Gasteiger partial charge is 0.262 e. The summed E-state index contributed by atoms with van der Waals surface area (Å²) in [6, 6.07) is 16.5. The zero-order chi connectivity index (χ0) is 19.0. The monoisotopic (exact) mass is 378 g/mol. The van der Waals surface area contributed by atoms with Gasteiger partial charge in [-0.05, 0) is 38.1 Å². The summed E-state index contributed by atoms with van der Waals surface area (Å²) < 4.78 is 7.28. The normalized spacial score (nSPS) is 11.5. The molecule has 0 spiro atoms. The van der Waals surface area contributed by atoms with Crippen molar-refractivity contribution in [2.45, 2.75) is 25.0 Å². The second-order valence-electron chi connectivity index (χ2n) is 6.54. The second kappa shape index (κ2) is 7.04. The lowest BCUT2D eigenvalue weighted by Crippen LogP contribution is -2.25. The molecule has 0 bridgehead atoms. The van der Waals surface area contributed by atoms with Crippen LogP contribution in [0.5, 0.6) is 0 Å². The third kappa shape index (κ3) is 3.28. The van der Waals surface area contributed by atoms with Crippen molar-refractivity contribution >= 4 is 39.4 Å². The van der Waals surface area contributed by atoms with Crippen LogP contribution in [-0.4, -0.2) is 21.1 Å². The van der Waals surface area contributed by atoms with Gasteiger partial charge in [-0.2, -0.15) is 0 Å². The van der Waals surface area contributed by atoms with Gasteiger partial charge in [-0.3, -0.25) is 14.2 Å². The number of hydrogen-bond acceptors (Lipinski definition) is 5. The first-order valence-electron chi connectivity index (χ1n) is 8.70. The average molecular weight is 378 g/mol. The number of benzene rings is 2. The average Bonchev–Trinajstić information content (AvgIpc) is 3.10. The molecule has 4 aromatic rings. The number of rotatable bonds is 5. The number of fused-ring (bicyclic) bond motifs is 2. The highest BCUT2D eigenvalue weighted by Gasteiger charge is 2.17. The molecule has 0 N–H and O–H groups in total. The molecule has 2 aromatic heterocycles. The fourth-order valence-electron chi connectivity index (χ4n) is 3.00. The zero-order valence-corrected chi connectivity index (χ0v) is 15.8. The Morgan fingerprint density at radius 2 is 1.89 bits per heavy atom. The molecule has 2 heterocycles. The van der Waals surface area contributed by atoms with Crippen LogP contribution in [0.15, 0.2) is 69.0 Å². The van der Waals surface area contributed by atoms with E-state index in [1.165, 1.54) is 11.8 Å². The van der Waals surface area contributed by atoms with Crippen molar-refractivity contribution in [3.8, 4) is 0 Å². The fourth-order valence-corrected chi connectivity index (χ4v) is 4.00. The number of hydrogen-bond donors (Lipinski definition) is 0. The Kier molecular flexibility index (Phi) is 4.58. The first-order valence-corrected chi connectivity index (χ1v) is 9.69. The van der Waals surface area contributed by atoms with E-state index in [1.807, 2.05) is 56.3 Å². The van der Waals surface area contributed by atoms with Gasteiger partial charge in [-0.15, -0.1) is 0 Å². The molecule has 0 radical (unpaired) electrons. The third-order valence-corrected chi connectivity index (χ3v) is 5.28. The van der Waals surface area contributed by atoms with Crippen LogP contribution in [0, 0.1) is 0 Å². The Balaban J connectivity index is 1.65. The number of thioether (sulfide) groups is 1. The van der Waals surface area contributed by atoms with E-state index in [9.17, 15) is 9.59 Å². The molecule has 0 saturated carbocycles. The van der Waals surface area contributed by atoms with Crippen molar-refractivity contribution in [2.75, 3.05) is 5.75 Å². The highest BCUT2D eigenvalue weighted by Crippen LogP contribution is 2.24. The van der Waals surface area contributed by atoms with E-state index in [0.717, 1.165) is 5.39 Å². The number of Topliss-reactive ketones (excluding diaryl/α,β-unsaturated/α-hetero) is 1. The van der Waals surface area contributed by atoms with Gasteiger partial charge in [-0.25, -0.2) is 4.98 Å². The van der Waals surface area contributed by atoms with Crippen molar-refractivity contribution < 1.29 is 9.21 Å². The largest absolute Gasteiger partial charge is 0.453 e. The van der Waals surface area contributed by atoms with Gasteiger partial charge in [0.25, 0.3) is 5.56 Å². The minimum Gasteiger partial charge on any atom is -0.453 e. The van der Waals surface area contributed by atoms with Gasteiger partial charge in [-0.1, -0.05) is 42.1 Å². The number of furan rings is 1. The van der Waals surface area contributed by atoms with Crippen molar-refractivity contribution in [1.82, 2.24) is 9.55 Å². The Morgan fingerprint density at radius 3 is 2.67 bits per heavy atom. The van der Waals surface area contributed by atoms with Gasteiger partial charge in [0.2, 0.25) is 5.78 Å². The van der Waals surface area contributed by atoms with Gasteiger partial charge < -0.3 is 4.42 Å². The fraction of sp³-hybridized carbons (Fsp3) is 0.190. The Hall–Kier alpha value is -2.86. The van der Waals surface area contributed by atoms with E-state index in [1.54, 1.807) is 16.7 Å². The maximum Gasteiger partial charge on any atom is 0.262 e. The first-order chi connectivity index (χ1) is 13.0. The van der Waals surface area contributed by atoms with Crippen LogP contribution in [0.4, 0.5) is 0 Å². The molecule has 0 aliphatic carbocycles. The lowest BCUT2D eigenvalue weighted by molar-refractivity contribution is 0.0994. The molecule has 0 unspecified atom stereocenters. The maximum atomic E-state index is 12.8. The maximum absolute atomic E-state index is 12.8. The van der Waals surface area contributed by atoms with Crippen LogP contribution in [-0.2, 0) is 0 Å². The number of aromatic nitrogens is 2. The van der Waals surface area contributed by atoms with Crippen LogP contribution in [0.3, 0.4) is 0 Å². The topological polar surface area (TPSA) is 65.1 Å². The van der Waals surface area contributed by atoms with E-state index in [4.69, 9.17) is 4.42 Å². The molecule has 136 valence electrons. The Labute approximate surface area is 160 Å². The molecule has 4 rings (SSSR count). The molecular weight excluding hydrogens is 360 g/mol. The van der Waals surface area contributed by atoms with E-state index < -0.39 is 0 Å². The third-order valence-electron chi connectivity index (χ3n) is 4.32. The predicted octanol–water partition coefficient (Wildman–Crippen LogP) is 4.70. The summed E-state index contributed by atoms with van der Waals surface area (Å²) in [5, 5.41) is 2.02. The van der Waals surface area contributed by atoms with Crippen LogP contribution in [0.25, 0.3) is 21.9 Å².